The molecule has 0 bridgehead atoms. The number of hydrogen-bond donors (Lipinski definition) is 1. The Balaban J connectivity index is 1.71. The van der Waals surface area contributed by atoms with Gasteiger partial charge in [-0.3, -0.25) is 9.00 Å². The predicted octanol–water partition coefficient (Wildman–Crippen LogP) is 3.28. The van der Waals surface area contributed by atoms with Crippen molar-refractivity contribution in [2.24, 2.45) is 28.6 Å². The van der Waals surface area contributed by atoms with Gasteiger partial charge in [-0.1, -0.05) is 19.4 Å². The number of fused-ring (bicyclic) bond motifs is 5. The number of rotatable bonds is 5. The highest BCUT2D eigenvalue weighted by molar-refractivity contribution is 7.84. The van der Waals surface area contributed by atoms with E-state index in [2.05, 4.69) is 6.92 Å². The summed E-state index contributed by atoms with van der Waals surface area (Å²) in [4.78, 5) is 38.0. The monoisotopic (exact) mass is 496 g/mol. The van der Waals surface area contributed by atoms with Crippen LogP contribution in [-0.2, 0) is 34.6 Å². The first-order valence-electron chi connectivity index (χ1n) is 12.2. The van der Waals surface area contributed by atoms with Crippen molar-refractivity contribution in [2.45, 2.75) is 77.4 Å². The van der Waals surface area contributed by atoms with Gasteiger partial charge in [-0.2, -0.15) is 0 Å². The minimum atomic E-state index is -1.62. The Hall–Kier alpha value is -1.74. The maximum atomic E-state index is 13.4. The first kappa shape index (κ1) is 25.4. The van der Waals surface area contributed by atoms with Crippen LogP contribution >= 0.6 is 0 Å². The third-order valence-corrected chi connectivity index (χ3v) is 9.67. The zero-order valence-corrected chi connectivity index (χ0v) is 21.3. The molecule has 0 aromatic carbocycles. The SMILES string of the molecule is CCOC(=O)O[C@]1(C(=O)OCS(C)=O)CC[C@H]2[C@@H]3CCC4=CC(=O)CC[C@]4(C)[C@H]3[C@@H](O)C[C@@]21C. The molecule has 0 radical (unpaired) electrons. The molecule has 0 aromatic rings. The van der Waals surface area contributed by atoms with E-state index < -0.39 is 40.0 Å². The van der Waals surface area contributed by atoms with E-state index in [4.69, 9.17) is 14.2 Å². The largest absolute Gasteiger partial charge is 0.509 e. The molecule has 3 fully saturated rings. The van der Waals surface area contributed by atoms with Crippen LogP contribution in [0.25, 0.3) is 0 Å². The van der Waals surface area contributed by atoms with Gasteiger partial charge in [-0.05, 0) is 74.7 Å². The fraction of sp³-hybridized carbons (Fsp3) is 0.800. The van der Waals surface area contributed by atoms with E-state index in [1.165, 1.54) is 6.26 Å². The molecule has 0 amide bonds. The van der Waals surface area contributed by atoms with Crippen LogP contribution in [0.5, 0.6) is 0 Å². The molecule has 0 spiro atoms. The average molecular weight is 497 g/mol. The maximum absolute atomic E-state index is 13.4. The second kappa shape index (κ2) is 9.04. The molecule has 4 aliphatic carbocycles. The third-order valence-electron chi connectivity index (χ3n) is 9.22. The standard InChI is InChI=1S/C25H36O8S/c1-5-31-22(29)33-25(21(28)32-14-34(4)30)11-9-18-17-7-6-15-12-16(26)8-10-23(15,2)20(17)19(27)13-24(18,25)3/h12,17-20,27H,5-11,13-14H2,1-4H3/t17-,18-,19-,20+,23-,24-,25-,34?/m0/s1. The van der Waals surface area contributed by atoms with E-state index in [-0.39, 0.29) is 54.3 Å². The molecule has 3 saturated carbocycles. The van der Waals surface area contributed by atoms with E-state index in [1.807, 2.05) is 6.92 Å². The Morgan fingerprint density at radius 3 is 2.59 bits per heavy atom. The normalized spacial score (nSPS) is 41.9. The second-order valence-electron chi connectivity index (χ2n) is 10.9. The van der Waals surface area contributed by atoms with E-state index in [9.17, 15) is 23.7 Å². The molecule has 0 aliphatic heterocycles. The lowest BCUT2D eigenvalue weighted by atomic mass is 9.45. The van der Waals surface area contributed by atoms with Crippen molar-refractivity contribution in [3.63, 3.8) is 0 Å². The number of allylic oxidation sites excluding steroid dienone is 1. The third kappa shape index (κ3) is 3.83. The van der Waals surface area contributed by atoms with Gasteiger partial charge in [0.25, 0.3) is 0 Å². The van der Waals surface area contributed by atoms with Crippen LogP contribution in [0.1, 0.15) is 65.7 Å². The molecule has 1 N–H and O–H groups in total. The van der Waals surface area contributed by atoms with E-state index in [0.29, 0.717) is 19.3 Å². The van der Waals surface area contributed by atoms with Crippen LogP contribution in [0, 0.1) is 28.6 Å². The molecule has 4 rings (SSSR count). The summed E-state index contributed by atoms with van der Waals surface area (Å²) in [6.45, 7) is 5.83. The zero-order chi connectivity index (χ0) is 24.9. The number of carbonyl (C=O) groups is 3. The van der Waals surface area contributed by atoms with Crippen molar-refractivity contribution < 1.29 is 37.9 Å². The molecule has 8 nitrogen and oxygen atoms in total. The minimum Gasteiger partial charge on any atom is -0.449 e. The number of ether oxygens (including phenoxy) is 3. The van der Waals surface area contributed by atoms with Crippen LogP contribution in [0.2, 0.25) is 0 Å². The van der Waals surface area contributed by atoms with Crippen LogP contribution in [0.4, 0.5) is 4.79 Å². The molecule has 8 atom stereocenters. The molecule has 0 heterocycles. The molecular weight excluding hydrogens is 460 g/mol. The molecule has 0 saturated heterocycles. The Kier molecular flexibility index (Phi) is 6.74. The van der Waals surface area contributed by atoms with Gasteiger partial charge in [0.05, 0.1) is 23.5 Å². The molecule has 1 unspecified atom stereocenters. The fourth-order valence-electron chi connectivity index (χ4n) is 7.76. The highest BCUT2D eigenvalue weighted by Gasteiger charge is 2.71. The van der Waals surface area contributed by atoms with Crippen molar-refractivity contribution in [1.82, 2.24) is 0 Å². The summed E-state index contributed by atoms with van der Waals surface area (Å²) >= 11 is 0. The Labute approximate surface area is 203 Å². The zero-order valence-electron chi connectivity index (χ0n) is 20.5. The number of esters is 1. The van der Waals surface area contributed by atoms with E-state index >= 15 is 0 Å². The second-order valence-corrected chi connectivity index (χ2v) is 12.2. The molecule has 34 heavy (non-hydrogen) atoms. The minimum absolute atomic E-state index is 0.0194. The summed E-state index contributed by atoms with van der Waals surface area (Å²) in [5.74, 6) is -0.758. The number of aliphatic hydroxyl groups is 1. The smallest absolute Gasteiger partial charge is 0.449 e. The molecule has 0 aromatic heterocycles. The quantitative estimate of drug-likeness (QED) is 0.577. The number of hydrogen-bond acceptors (Lipinski definition) is 8. The van der Waals surface area contributed by atoms with E-state index in [1.54, 1.807) is 13.0 Å². The van der Waals surface area contributed by atoms with Gasteiger partial charge in [0.2, 0.25) is 5.60 Å². The van der Waals surface area contributed by atoms with Crippen molar-refractivity contribution >= 4 is 28.7 Å². The van der Waals surface area contributed by atoms with Crippen LogP contribution in [-0.4, -0.2) is 57.7 Å². The molecular formula is C25H36O8S. The Bertz CT molecular complexity index is 930. The predicted molar refractivity (Wildman–Crippen MR) is 124 cm³/mol. The lowest BCUT2D eigenvalue weighted by molar-refractivity contribution is -0.202. The van der Waals surface area contributed by atoms with Gasteiger partial charge < -0.3 is 19.3 Å². The van der Waals surface area contributed by atoms with Gasteiger partial charge in [-0.25, -0.2) is 9.59 Å². The average Bonchev–Trinajstić information content (AvgIpc) is 3.04. The van der Waals surface area contributed by atoms with Gasteiger partial charge in [0.1, 0.15) is 0 Å². The van der Waals surface area contributed by atoms with Crippen LogP contribution in [0.3, 0.4) is 0 Å². The summed E-state index contributed by atoms with van der Waals surface area (Å²) in [6.07, 6.45) is 5.49. The van der Waals surface area contributed by atoms with E-state index in [0.717, 1.165) is 18.4 Å². The molecule has 4 aliphatic rings. The van der Waals surface area contributed by atoms with Crippen molar-refractivity contribution in [3.05, 3.63) is 11.6 Å². The number of aliphatic hydroxyl groups excluding tert-OH is 1. The van der Waals surface area contributed by atoms with Gasteiger partial charge >= 0.3 is 12.1 Å². The Morgan fingerprint density at radius 1 is 1.18 bits per heavy atom. The summed E-state index contributed by atoms with van der Waals surface area (Å²) in [5.41, 5.74) is -1.61. The van der Waals surface area contributed by atoms with Crippen molar-refractivity contribution in [3.8, 4) is 0 Å². The van der Waals surface area contributed by atoms with Gasteiger partial charge in [0, 0.05) is 18.1 Å². The molecule has 190 valence electrons. The highest BCUT2D eigenvalue weighted by atomic mass is 32.2. The highest BCUT2D eigenvalue weighted by Crippen LogP contribution is 2.68. The lowest BCUT2D eigenvalue weighted by Crippen LogP contribution is -2.63. The maximum Gasteiger partial charge on any atom is 0.509 e. The number of carbonyl (C=O) groups excluding carboxylic acids is 3. The summed E-state index contributed by atoms with van der Waals surface area (Å²) in [6, 6.07) is 0. The first-order chi connectivity index (χ1) is 16.0. The Morgan fingerprint density at radius 2 is 1.91 bits per heavy atom. The molecule has 9 heteroatoms. The summed E-state index contributed by atoms with van der Waals surface area (Å²) in [5, 5.41) is 11.6. The van der Waals surface area contributed by atoms with Gasteiger partial charge in [-0.15, -0.1) is 0 Å². The van der Waals surface area contributed by atoms with Crippen molar-refractivity contribution in [1.29, 1.82) is 0 Å². The first-order valence-corrected chi connectivity index (χ1v) is 14.0. The number of ketones is 1. The fourth-order valence-corrected chi connectivity index (χ4v) is 8.04. The van der Waals surface area contributed by atoms with Gasteiger partial charge in [0.15, 0.2) is 11.7 Å². The van der Waals surface area contributed by atoms with Crippen LogP contribution in [0.15, 0.2) is 11.6 Å². The van der Waals surface area contributed by atoms with Crippen LogP contribution < -0.4 is 0 Å². The van der Waals surface area contributed by atoms with Crippen molar-refractivity contribution in [2.75, 3.05) is 18.8 Å². The summed E-state index contributed by atoms with van der Waals surface area (Å²) in [7, 11) is -1.37. The summed E-state index contributed by atoms with van der Waals surface area (Å²) < 4.78 is 27.8. The lowest BCUT2D eigenvalue weighted by Gasteiger charge is -2.60. The topological polar surface area (TPSA) is 116 Å².